The highest BCUT2D eigenvalue weighted by Crippen LogP contribution is 2.31. The Morgan fingerprint density at radius 2 is 1.70 bits per heavy atom. The van der Waals surface area contributed by atoms with E-state index in [2.05, 4.69) is 10.6 Å². The summed E-state index contributed by atoms with van der Waals surface area (Å²) in [6.45, 7) is 0.786. The highest BCUT2D eigenvalue weighted by atomic mass is 19.1. The molecule has 1 unspecified atom stereocenters. The molecule has 0 aliphatic carbocycles. The molecule has 4 rings (SSSR count). The van der Waals surface area contributed by atoms with Gasteiger partial charge in [-0.3, -0.25) is 4.79 Å². The Labute approximate surface area is 191 Å². The Hall–Kier alpha value is -4.07. The molecule has 0 fully saturated rings. The van der Waals surface area contributed by atoms with Gasteiger partial charge in [0.2, 0.25) is 0 Å². The third kappa shape index (κ3) is 5.60. The van der Waals surface area contributed by atoms with Gasteiger partial charge in [0.1, 0.15) is 12.4 Å². The smallest absolute Gasteiger partial charge is 0.321 e. The van der Waals surface area contributed by atoms with Crippen LogP contribution in [0.1, 0.15) is 15.9 Å². The van der Waals surface area contributed by atoms with Crippen molar-refractivity contribution < 1.29 is 23.5 Å². The fourth-order valence-corrected chi connectivity index (χ4v) is 3.38. The van der Waals surface area contributed by atoms with Gasteiger partial charge in [-0.15, -0.1) is 0 Å². The highest BCUT2D eigenvalue weighted by Gasteiger charge is 2.23. The van der Waals surface area contributed by atoms with Gasteiger partial charge in [0.15, 0.2) is 17.6 Å². The monoisotopic (exact) mass is 449 g/mol. The van der Waals surface area contributed by atoms with Crippen LogP contribution in [0, 0.1) is 5.82 Å². The molecule has 8 heteroatoms. The van der Waals surface area contributed by atoms with Crippen molar-refractivity contribution in [1.82, 2.24) is 10.2 Å². The number of hydrogen-bond donors (Lipinski definition) is 2. The standard InChI is InChI=1S/C25H24FN3O4/c1-29(15-20-16-32-22-8-4-5-9-23(22)33-20)25(31)28-19-12-10-17(11-13-19)24(30)27-14-18-6-2-3-7-21(18)26/h2-13,20H,14-16H2,1H3,(H,27,30)(H,28,31). The van der Waals surface area contributed by atoms with E-state index in [0.29, 0.717) is 41.5 Å². The van der Waals surface area contributed by atoms with Crippen molar-refractivity contribution in [2.45, 2.75) is 12.6 Å². The highest BCUT2D eigenvalue weighted by molar-refractivity contribution is 5.95. The summed E-state index contributed by atoms with van der Waals surface area (Å²) >= 11 is 0. The van der Waals surface area contributed by atoms with E-state index in [0.717, 1.165) is 0 Å². The third-order valence-corrected chi connectivity index (χ3v) is 5.19. The first kappa shape index (κ1) is 22.1. The second kappa shape index (κ2) is 10.0. The number of ether oxygens (including phenoxy) is 2. The molecule has 7 nitrogen and oxygen atoms in total. The number of urea groups is 1. The van der Waals surface area contributed by atoms with Gasteiger partial charge in [-0.1, -0.05) is 30.3 Å². The lowest BCUT2D eigenvalue weighted by Gasteiger charge is -2.29. The first-order chi connectivity index (χ1) is 16.0. The minimum Gasteiger partial charge on any atom is -0.486 e. The zero-order chi connectivity index (χ0) is 23.2. The predicted molar refractivity (Wildman–Crippen MR) is 122 cm³/mol. The summed E-state index contributed by atoms with van der Waals surface area (Å²) in [7, 11) is 1.67. The third-order valence-electron chi connectivity index (χ3n) is 5.19. The van der Waals surface area contributed by atoms with Crippen molar-refractivity contribution >= 4 is 17.6 Å². The van der Waals surface area contributed by atoms with E-state index in [1.165, 1.54) is 11.0 Å². The number of hydrogen-bond acceptors (Lipinski definition) is 4. The number of nitrogens with one attached hydrogen (secondary N) is 2. The molecule has 3 aromatic carbocycles. The Balaban J connectivity index is 1.27. The molecule has 1 atom stereocenters. The van der Waals surface area contributed by atoms with Crippen molar-refractivity contribution in [3.8, 4) is 11.5 Å². The fraction of sp³-hybridized carbons (Fsp3) is 0.200. The second-order valence-corrected chi connectivity index (χ2v) is 7.66. The predicted octanol–water partition coefficient (Wildman–Crippen LogP) is 4.06. The molecule has 33 heavy (non-hydrogen) atoms. The number of likely N-dealkylation sites (N-methyl/N-ethyl adjacent to an activating group) is 1. The lowest BCUT2D eigenvalue weighted by Crippen LogP contribution is -2.43. The molecule has 1 heterocycles. The van der Waals surface area contributed by atoms with Gasteiger partial charge in [-0.25, -0.2) is 9.18 Å². The molecule has 0 spiro atoms. The molecule has 0 aromatic heterocycles. The van der Waals surface area contributed by atoms with Gasteiger partial charge in [0, 0.05) is 30.4 Å². The molecular formula is C25H24FN3O4. The fourth-order valence-electron chi connectivity index (χ4n) is 3.38. The number of nitrogens with zero attached hydrogens (tertiary/aromatic N) is 1. The zero-order valence-electron chi connectivity index (χ0n) is 18.1. The van der Waals surface area contributed by atoms with E-state index in [9.17, 15) is 14.0 Å². The maximum Gasteiger partial charge on any atom is 0.321 e. The quantitative estimate of drug-likeness (QED) is 0.595. The van der Waals surface area contributed by atoms with Crippen molar-refractivity contribution in [3.63, 3.8) is 0 Å². The number of anilines is 1. The normalized spacial score (nSPS) is 14.3. The molecule has 3 amide bonds. The van der Waals surface area contributed by atoms with E-state index in [1.54, 1.807) is 49.5 Å². The minimum absolute atomic E-state index is 0.0895. The van der Waals surface area contributed by atoms with E-state index < -0.39 is 0 Å². The molecule has 0 saturated carbocycles. The molecule has 3 aromatic rings. The largest absolute Gasteiger partial charge is 0.486 e. The average Bonchev–Trinajstić information content (AvgIpc) is 2.83. The van der Waals surface area contributed by atoms with E-state index in [1.807, 2.05) is 24.3 Å². The van der Waals surface area contributed by atoms with Crippen LogP contribution in [0.4, 0.5) is 14.9 Å². The maximum absolute atomic E-state index is 13.7. The summed E-state index contributed by atoms with van der Waals surface area (Å²) in [5.74, 6) is 0.655. The molecule has 1 aliphatic rings. The summed E-state index contributed by atoms with van der Waals surface area (Å²) in [5, 5.41) is 5.48. The van der Waals surface area contributed by atoms with Gasteiger partial charge < -0.3 is 25.0 Å². The molecule has 170 valence electrons. The molecule has 1 aliphatic heterocycles. The number of carbonyl (C=O) groups excluding carboxylic acids is 2. The van der Waals surface area contributed by atoms with Gasteiger partial charge >= 0.3 is 6.03 Å². The summed E-state index contributed by atoms with van der Waals surface area (Å²) in [6, 6.07) is 19.9. The summed E-state index contributed by atoms with van der Waals surface area (Å²) in [5.41, 5.74) is 1.36. The van der Waals surface area contributed by atoms with Crippen molar-refractivity contribution in [2.24, 2.45) is 0 Å². The zero-order valence-corrected chi connectivity index (χ0v) is 18.1. The van der Waals surface area contributed by atoms with Crippen molar-refractivity contribution in [2.75, 3.05) is 25.5 Å². The van der Waals surface area contributed by atoms with Crippen LogP contribution in [0.15, 0.2) is 72.8 Å². The first-order valence-electron chi connectivity index (χ1n) is 10.5. The van der Waals surface area contributed by atoms with Crippen LogP contribution in [0.5, 0.6) is 11.5 Å². The van der Waals surface area contributed by atoms with Crippen molar-refractivity contribution in [1.29, 1.82) is 0 Å². The Bertz CT molecular complexity index is 1140. The molecule has 0 bridgehead atoms. The Kier molecular flexibility index (Phi) is 6.73. The van der Waals surface area contributed by atoms with Crippen LogP contribution in [0.25, 0.3) is 0 Å². The summed E-state index contributed by atoms with van der Waals surface area (Å²) < 4.78 is 25.3. The van der Waals surface area contributed by atoms with Crippen LogP contribution < -0.4 is 20.1 Å². The number of benzene rings is 3. The topological polar surface area (TPSA) is 79.9 Å². The maximum atomic E-state index is 13.7. The van der Waals surface area contributed by atoms with Crippen LogP contribution in [0.2, 0.25) is 0 Å². The van der Waals surface area contributed by atoms with E-state index in [-0.39, 0.29) is 30.4 Å². The van der Waals surface area contributed by atoms with Gasteiger partial charge in [-0.2, -0.15) is 0 Å². The molecule has 0 saturated heterocycles. The molecule has 2 N–H and O–H groups in total. The number of rotatable bonds is 6. The molecule has 0 radical (unpaired) electrons. The Morgan fingerprint density at radius 1 is 1.00 bits per heavy atom. The van der Waals surface area contributed by atoms with Crippen LogP contribution >= 0.6 is 0 Å². The summed E-state index contributed by atoms with van der Waals surface area (Å²) in [4.78, 5) is 26.4. The van der Waals surface area contributed by atoms with Crippen molar-refractivity contribution in [3.05, 3.63) is 89.7 Å². The number of fused-ring (bicyclic) bond motifs is 1. The van der Waals surface area contributed by atoms with Crippen LogP contribution in [-0.2, 0) is 6.54 Å². The SMILES string of the molecule is CN(CC1COc2ccccc2O1)C(=O)Nc1ccc(C(=O)NCc2ccccc2F)cc1. The number of amides is 3. The van der Waals surface area contributed by atoms with Crippen LogP contribution in [-0.4, -0.2) is 43.1 Å². The average molecular weight is 449 g/mol. The van der Waals surface area contributed by atoms with Gasteiger partial charge in [0.25, 0.3) is 5.91 Å². The van der Waals surface area contributed by atoms with Gasteiger partial charge in [0.05, 0.1) is 6.54 Å². The number of para-hydroxylation sites is 2. The molecular weight excluding hydrogens is 425 g/mol. The lowest BCUT2D eigenvalue weighted by molar-refractivity contribution is 0.0731. The number of halogens is 1. The minimum atomic E-state index is -0.366. The number of carbonyl (C=O) groups is 2. The van der Waals surface area contributed by atoms with E-state index in [4.69, 9.17) is 9.47 Å². The van der Waals surface area contributed by atoms with E-state index >= 15 is 0 Å². The second-order valence-electron chi connectivity index (χ2n) is 7.66. The summed E-state index contributed by atoms with van der Waals surface area (Å²) in [6.07, 6.45) is -0.281. The Morgan fingerprint density at radius 3 is 2.45 bits per heavy atom. The first-order valence-corrected chi connectivity index (χ1v) is 10.5. The van der Waals surface area contributed by atoms with Gasteiger partial charge in [-0.05, 0) is 42.5 Å². The van der Waals surface area contributed by atoms with Crippen LogP contribution in [0.3, 0.4) is 0 Å². The lowest BCUT2D eigenvalue weighted by atomic mass is 10.1.